The maximum atomic E-state index is 12.4. The van der Waals surface area contributed by atoms with Gasteiger partial charge in [-0.15, -0.1) is 13.2 Å². The smallest absolute Gasteiger partial charge is 0.406 e. The third-order valence-corrected chi connectivity index (χ3v) is 4.08. The number of aromatic nitrogens is 3. The molecule has 2 heterocycles. The normalized spacial score (nSPS) is 12.0. The summed E-state index contributed by atoms with van der Waals surface area (Å²) >= 11 is 6.15. The first-order chi connectivity index (χ1) is 12.3. The maximum Gasteiger partial charge on any atom is 0.573 e. The van der Waals surface area contributed by atoms with Crippen molar-refractivity contribution < 1.29 is 17.9 Å². The Bertz CT molecular complexity index is 1200. The van der Waals surface area contributed by atoms with Crippen LogP contribution in [-0.2, 0) is 0 Å². The van der Waals surface area contributed by atoms with E-state index in [-0.39, 0.29) is 5.52 Å². The zero-order chi connectivity index (χ0) is 18.5. The molecule has 132 valence electrons. The Morgan fingerprint density at radius 2 is 1.92 bits per heavy atom. The van der Waals surface area contributed by atoms with Crippen LogP contribution in [-0.4, -0.2) is 20.9 Å². The average Bonchev–Trinajstić information content (AvgIpc) is 2.88. The van der Waals surface area contributed by atoms with Crippen LogP contribution in [0, 0.1) is 0 Å². The first kappa shape index (κ1) is 16.5. The predicted molar refractivity (Wildman–Crippen MR) is 90.9 cm³/mol. The van der Waals surface area contributed by atoms with Crippen molar-refractivity contribution in [3.8, 4) is 11.6 Å². The molecule has 0 amide bonds. The number of halogens is 4. The first-order valence-corrected chi connectivity index (χ1v) is 7.76. The summed E-state index contributed by atoms with van der Waals surface area (Å²) in [6.45, 7) is 0. The molecule has 9 heteroatoms. The van der Waals surface area contributed by atoms with Crippen LogP contribution in [0.15, 0.2) is 53.3 Å². The lowest BCUT2D eigenvalue weighted by molar-refractivity contribution is -0.274. The van der Waals surface area contributed by atoms with Gasteiger partial charge < -0.3 is 9.72 Å². The highest BCUT2D eigenvalue weighted by Gasteiger charge is 2.31. The molecule has 0 bridgehead atoms. The van der Waals surface area contributed by atoms with Crippen molar-refractivity contribution in [2.75, 3.05) is 0 Å². The molecule has 0 saturated carbocycles. The number of alkyl halides is 3. The van der Waals surface area contributed by atoms with Crippen LogP contribution in [0.4, 0.5) is 13.2 Å². The number of hydrogen-bond donors (Lipinski definition) is 1. The molecule has 0 aliphatic heterocycles. The quantitative estimate of drug-likeness (QED) is 0.561. The Kier molecular flexibility index (Phi) is 3.66. The summed E-state index contributed by atoms with van der Waals surface area (Å²) in [5, 5.41) is 1.23. The van der Waals surface area contributed by atoms with Gasteiger partial charge in [0.05, 0.1) is 21.6 Å². The lowest BCUT2D eigenvalue weighted by Gasteiger charge is -2.09. The molecule has 4 aromatic rings. The number of hydrogen-bond acceptors (Lipinski definition) is 3. The predicted octanol–water partition coefficient (Wildman–Crippen LogP) is 4.42. The van der Waals surface area contributed by atoms with Crippen molar-refractivity contribution in [1.82, 2.24) is 14.5 Å². The molecule has 0 aliphatic rings. The van der Waals surface area contributed by atoms with Gasteiger partial charge >= 0.3 is 12.1 Å². The second kappa shape index (κ2) is 5.77. The molecule has 26 heavy (non-hydrogen) atoms. The molecule has 0 saturated heterocycles. The molecule has 0 fully saturated rings. The molecule has 1 N–H and O–H groups in total. The van der Waals surface area contributed by atoms with E-state index in [9.17, 15) is 18.0 Å². The van der Waals surface area contributed by atoms with Gasteiger partial charge in [0, 0.05) is 11.5 Å². The first-order valence-electron chi connectivity index (χ1n) is 7.38. The van der Waals surface area contributed by atoms with Crippen molar-refractivity contribution in [3.05, 3.63) is 64.0 Å². The summed E-state index contributed by atoms with van der Waals surface area (Å²) in [6.07, 6.45) is -4.81. The topological polar surface area (TPSA) is 59.9 Å². The number of para-hydroxylation sites is 1. The Morgan fingerprint density at radius 1 is 1.12 bits per heavy atom. The SMILES string of the molecule is O=c1[nH]c2cc(OC(F)(F)F)ccc2n1-c1ccc2cccc(Cl)c2n1. The van der Waals surface area contributed by atoms with Gasteiger partial charge in [-0.25, -0.2) is 14.3 Å². The molecule has 0 radical (unpaired) electrons. The van der Waals surface area contributed by atoms with Crippen LogP contribution in [0.1, 0.15) is 0 Å². The number of imidazole rings is 1. The van der Waals surface area contributed by atoms with Crippen molar-refractivity contribution in [3.63, 3.8) is 0 Å². The van der Waals surface area contributed by atoms with E-state index in [0.717, 1.165) is 17.5 Å². The van der Waals surface area contributed by atoms with Crippen molar-refractivity contribution in [1.29, 1.82) is 0 Å². The monoisotopic (exact) mass is 379 g/mol. The van der Waals surface area contributed by atoms with Crippen LogP contribution in [0.5, 0.6) is 5.75 Å². The average molecular weight is 380 g/mol. The van der Waals surface area contributed by atoms with E-state index in [1.807, 2.05) is 6.07 Å². The summed E-state index contributed by atoms with van der Waals surface area (Å²) in [7, 11) is 0. The van der Waals surface area contributed by atoms with Crippen LogP contribution in [0.25, 0.3) is 27.8 Å². The number of benzene rings is 2. The Labute approximate surface area is 148 Å². The zero-order valence-corrected chi connectivity index (χ0v) is 13.6. The number of nitrogens with zero attached hydrogens (tertiary/aromatic N) is 2. The van der Waals surface area contributed by atoms with Gasteiger partial charge in [-0.1, -0.05) is 23.7 Å². The highest BCUT2D eigenvalue weighted by Crippen LogP contribution is 2.27. The van der Waals surface area contributed by atoms with Gasteiger partial charge in [0.15, 0.2) is 0 Å². The number of nitrogens with one attached hydrogen (secondary N) is 1. The molecule has 4 rings (SSSR count). The highest BCUT2D eigenvalue weighted by molar-refractivity contribution is 6.35. The fourth-order valence-corrected chi connectivity index (χ4v) is 2.96. The van der Waals surface area contributed by atoms with Crippen LogP contribution >= 0.6 is 11.6 Å². The number of rotatable bonds is 2. The Morgan fingerprint density at radius 3 is 2.69 bits per heavy atom. The van der Waals surface area contributed by atoms with Crippen LogP contribution in [0.3, 0.4) is 0 Å². The van der Waals surface area contributed by atoms with Gasteiger partial charge in [-0.3, -0.25) is 0 Å². The van der Waals surface area contributed by atoms with Gasteiger partial charge in [-0.2, -0.15) is 0 Å². The number of ether oxygens (including phenoxy) is 1. The Balaban J connectivity index is 1.88. The van der Waals surface area contributed by atoms with Gasteiger partial charge in [0.1, 0.15) is 11.6 Å². The summed E-state index contributed by atoms with van der Waals surface area (Å²) in [5.74, 6) is -0.126. The summed E-state index contributed by atoms with van der Waals surface area (Å²) < 4.78 is 42.2. The number of aromatic amines is 1. The minimum Gasteiger partial charge on any atom is -0.406 e. The summed E-state index contributed by atoms with van der Waals surface area (Å²) in [6, 6.07) is 12.3. The van der Waals surface area contributed by atoms with Gasteiger partial charge in [0.25, 0.3) is 0 Å². The molecule has 0 unspecified atom stereocenters. The van der Waals surface area contributed by atoms with Crippen LogP contribution in [0.2, 0.25) is 5.02 Å². The van der Waals surface area contributed by atoms with E-state index in [2.05, 4.69) is 14.7 Å². The summed E-state index contributed by atoms with van der Waals surface area (Å²) in [5.41, 5.74) is 0.536. The lowest BCUT2D eigenvalue weighted by atomic mass is 10.2. The maximum absolute atomic E-state index is 12.4. The van der Waals surface area contributed by atoms with Gasteiger partial charge in [-0.05, 0) is 30.3 Å². The third-order valence-electron chi connectivity index (χ3n) is 3.77. The summed E-state index contributed by atoms with van der Waals surface area (Å²) in [4.78, 5) is 19.2. The van der Waals surface area contributed by atoms with Gasteiger partial charge in [0.2, 0.25) is 0 Å². The largest absolute Gasteiger partial charge is 0.573 e. The van der Waals surface area contributed by atoms with Crippen molar-refractivity contribution in [2.24, 2.45) is 0 Å². The highest BCUT2D eigenvalue weighted by atomic mass is 35.5. The molecule has 2 aromatic heterocycles. The molecule has 0 spiro atoms. The van der Waals surface area contributed by atoms with E-state index in [1.54, 1.807) is 24.3 Å². The lowest BCUT2D eigenvalue weighted by Crippen LogP contribution is -2.17. The molecule has 5 nitrogen and oxygen atoms in total. The minimum absolute atomic E-state index is 0.192. The minimum atomic E-state index is -4.81. The molecular formula is C17H9ClF3N3O2. The van der Waals surface area contributed by atoms with Crippen molar-refractivity contribution >= 4 is 33.5 Å². The molecule has 0 atom stereocenters. The van der Waals surface area contributed by atoms with Crippen LogP contribution < -0.4 is 10.4 Å². The molecular weight excluding hydrogens is 371 g/mol. The fourth-order valence-electron chi connectivity index (χ4n) is 2.74. The van der Waals surface area contributed by atoms with E-state index in [1.165, 1.54) is 10.6 Å². The zero-order valence-electron chi connectivity index (χ0n) is 12.8. The molecule has 2 aromatic carbocycles. The molecule has 0 aliphatic carbocycles. The second-order valence-electron chi connectivity index (χ2n) is 5.47. The fraction of sp³-hybridized carbons (Fsp3) is 0.0588. The van der Waals surface area contributed by atoms with E-state index >= 15 is 0 Å². The van der Waals surface area contributed by atoms with E-state index in [4.69, 9.17) is 11.6 Å². The standard InChI is InChI=1S/C17H9ClF3N3O2/c18-11-3-1-2-9-4-7-14(23-15(9)11)24-13-6-5-10(26-17(19,20)21)8-12(13)22-16(24)25/h1-8H,(H,22,25). The Hall–Kier alpha value is -3.00. The van der Waals surface area contributed by atoms with Crippen molar-refractivity contribution in [2.45, 2.75) is 6.36 Å². The second-order valence-corrected chi connectivity index (χ2v) is 5.88. The number of fused-ring (bicyclic) bond motifs is 2. The van der Waals surface area contributed by atoms with E-state index < -0.39 is 17.8 Å². The van der Waals surface area contributed by atoms with E-state index in [0.29, 0.717) is 21.9 Å². The number of pyridine rings is 1. The number of H-pyrrole nitrogens is 1. The third kappa shape index (κ3) is 2.88.